The standard InChI is InChI=1S/C37H40O10/c1-5-42-34(38)26-14-12-24-22-32(30(20-28(24)18-26)36(40)44-7-3)46-16-10-9-11-17-47-33-23-25-13-15-27(35(39)43-6-2)19-29(25)21-31(33)37(41)45-8-4/h12-15,18-23H,5-11,16-17H2,1-4H3. The summed E-state index contributed by atoms with van der Waals surface area (Å²) in [6, 6.07) is 17.2. The molecule has 0 bridgehead atoms. The average molecular weight is 645 g/mol. The molecule has 0 saturated heterocycles. The van der Waals surface area contributed by atoms with Crippen molar-refractivity contribution in [3.63, 3.8) is 0 Å². The van der Waals surface area contributed by atoms with Gasteiger partial charge in [-0.1, -0.05) is 12.1 Å². The van der Waals surface area contributed by atoms with Crippen molar-refractivity contribution in [1.82, 2.24) is 0 Å². The van der Waals surface area contributed by atoms with E-state index >= 15 is 0 Å². The maximum absolute atomic E-state index is 12.7. The lowest BCUT2D eigenvalue weighted by Gasteiger charge is -2.14. The van der Waals surface area contributed by atoms with Gasteiger partial charge in [-0.15, -0.1) is 0 Å². The van der Waals surface area contributed by atoms with E-state index < -0.39 is 23.9 Å². The van der Waals surface area contributed by atoms with Crippen LogP contribution in [-0.4, -0.2) is 63.5 Å². The molecule has 0 aliphatic rings. The normalized spacial score (nSPS) is 10.8. The van der Waals surface area contributed by atoms with Gasteiger partial charge in [0.2, 0.25) is 0 Å². The Kier molecular flexibility index (Phi) is 12.6. The molecular weight excluding hydrogens is 604 g/mol. The second kappa shape index (κ2) is 17.0. The predicted octanol–water partition coefficient (Wildman–Crippen LogP) is 7.33. The molecule has 47 heavy (non-hydrogen) atoms. The topological polar surface area (TPSA) is 124 Å². The Morgan fingerprint density at radius 3 is 1.21 bits per heavy atom. The number of carbonyl (C=O) groups excluding carboxylic acids is 4. The fourth-order valence-corrected chi connectivity index (χ4v) is 4.96. The minimum Gasteiger partial charge on any atom is -0.493 e. The molecule has 10 heteroatoms. The molecule has 0 fully saturated rings. The number of hydrogen-bond donors (Lipinski definition) is 0. The van der Waals surface area contributed by atoms with Crippen LogP contribution in [-0.2, 0) is 18.9 Å². The number of benzene rings is 4. The Labute approximate surface area is 273 Å². The van der Waals surface area contributed by atoms with Gasteiger partial charge in [-0.2, -0.15) is 0 Å². The van der Waals surface area contributed by atoms with Crippen molar-refractivity contribution in [2.45, 2.75) is 47.0 Å². The van der Waals surface area contributed by atoms with Crippen molar-refractivity contribution in [2.24, 2.45) is 0 Å². The molecule has 0 atom stereocenters. The van der Waals surface area contributed by atoms with Crippen LogP contribution in [0.1, 0.15) is 88.4 Å². The second-order valence-electron chi connectivity index (χ2n) is 10.5. The lowest BCUT2D eigenvalue weighted by molar-refractivity contribution is 0.0512. The molecule has 0 aliphatic carbocycles. The van der Waals surface area contributed by atoms with Gasteiger partial charge in [-0.05, 0) is 117 Å². The Morgan fingerprint density at radius 2 is 0.830 bits per heavy atom. The summed E-state index contributed by atoms with van der Waals surface area (Å²) in [6.07, 6.45) is 2.13. The van der Waals surface area contributed by atoms with E-state index in [9.17, 15) is 19.2 Å². The summed E-state index contributed by atoms with van der Waals surface area (Å²) in [6.45, 7) is 8.61. The molecule has 0 N–H and O–H groups in total. The first kappa shape index (κ1) is 34.7. The van der Waals surface area contributed by atoms with Crippen molar-refractivity contribution in [2.75, 3.05) is 39.6 Å². The van der Waals surface area contributed by atoms with Crippen LogP contribution in [0.5, 0.6) is 11.5 Å². The van der Waals surface area contributed by atoms with Gasteiger partial charge in [0.1, 0.15) is 22.6 Å². The molecule has 0 heterocycles. The van der Waals surface area contributed by atoms with E-state index in [0.29, 0.717) is 59.5 Å². The summed E-state index contributed by atoms with van der Waals surface area (Å²) in [5.41, 5.74) is 1.35. The molecular formula is C37H40O10. The minimum absolute atomic E-state index is 0.211. The first-order valence-corrected chi connectivity index (χ1v) is 15.9. The average Bonchev–Trinajstić information content (AvgIpc) is 3.07. The highest BCUT2D eigenvalue weighted by molar-refractivity contribution is 6.02. The number of unbranched alkanes of at least 4 members (excludes halogenated alkanes) is 2. The largest absolute Gasteiger partial charge is 0.493 e. The maximum atomic E-state index is 12.7. The van der Waals surface area contributed by atoms with Crippen molar-refractivity contribution >= 4 is 45.4 Å². The summed E-state index contributed by atoms with van der Waals surface area (Å²) < 4.78 is 32.8. The molecule has 4 rings (SSSR count). The number of fused-ring (bicyclic) bond motifs is 2. The van der Waals surface area contributed by atoms with Crippen LogP contribution in [0.3, 0.4) is 0 Å². The highest BCUT2D eigenvalue weighted by Crippen LogP contribution is 2.30. The molecule has 0 aliphatic heterocycles. The van der Waals surface area contributed by atoms with Crippen molar-refractivity contribution in [3.05, 3.63) is 82.9 Å². The molecule has 10 nitrogen and oxygen atoms in total. The molecule has 4 aromatic rings. The summed E-state index contributed by atoms with van der Waals surface area (Å²) in [5.74, 6) is -1.08. The number of ether oxygens (including phenoxy) is 6. The molecule has 0 radical (unpaired) electrons. The van der Waals surface area contributed by atoms with E-state index in [1.54, 1.807) is 88.4 Å². The fraction of sp³-hybridized carbons (Fsp3) is 0.351. The smallest absolute Gasteiger partial charge is 0.341 e. The predicted molar refractivity (Wildman–Crippen MR) is 177 cm³/mol. The summed E-state index contributed by atoms with van der Waals surface area (Å²) in [7, 11) is 0. The van der Waals surface area contributed by atoms with Gasteiger partial charge >= 0.3 is 23.9 Å². The number of hydrogen-bond acceptors (Lipinski definition) is 10. The number of carbonyl (C=O) groups is 4. The van der Waals surface area contributed by atoms with E-state index in [1.165, 1.54) is 0 Å². The van der Waals surface area contributed by atoms with E-state index in [0.717, 1.165) is 17.2 Å². The van der Waals surface area contributed by atoms with Crippen LogP contribution < -0.4 is 9.47 Å². The van der Waals surface area contributed by atoms with Gasteiger partial charge in [-0.25, -0.2) is 19.2 Å². The van der Waals surface area contributed by atoms with Crippen LogP contribution in [0, 0.1) is 0 Å². The number of rotatable bonds is 16. The monoisotopic (exact) mass is 644 g/mol. The summed E-state index contributed by atoms with van der Waals surface area (Å²) >= 11 is 0. The van der Waals surface area contributed by atoms with Gasteiger partial charge in [0.25, 0.3) is 0 Å². The SMILES string of the molecule is CCOC(=O)c1ccc2cc(OCCCCCOc3cc4ccc(C(=O)OCC)cc4cc3C(=O)OCC)c(C(=O)OCC)cc2c1. The van der Waals surface area contributed by atoms with Gasteiger partial charge in [0.05, 0.1) is 50.8 Å². The molecule has 248 valence electrons. The quantitative estimate of drug-likeness (QED) is 0.0696. The zero-order chi connectivity index (χ0) is 33.8. The number of esters is 4. The van der Waals surface area contributed by atoms with Crippen LogP contribution in [0.25, 0.3) is 21.5 Å². The Balaban J connectivity index is 1.38. The van der Waals surface area contributed by atoms with Gasteiger partial charge in [-0.3, -0.25) is 0 Å². The maximum Gasteiger partial charge on any atom is 0.341 e. The minimum atomic E-state index is -0.510. The lowest BCUT2D eigenvalue weighted by atomic mass is 10.0. The summed E-state index contributed by atoms with van der Waals surface area (Å²) in [5, 5.41) is 3.00. The van der Waals surface area contributed by atoms with E-state index in [2.05, 4.69) is 0 Å². The second-order valence-corrected chi connectivity index (χ2v) is 10.5. The van der Waals surface area contributed by atoms with Crippen LogP contribution >= 0.6 is 0 Å². The van der Waals surface area contributed by atoms with Crippen LogP contribution in [0.2, 0.25) is 0 Å². The first-order valence-electron chi connectivity index (χ1n) is 15.9. The van der Waals surface area contributed by atoms with Gasteiger partial charge in [0, 0.05) is 0 Å². The highest BCUT2D eigenvalue weighted by atomic mass is 16.5. The molecule has 0 aromatic heterocycles. The van der Waals surface area contributed by atoms with Crippen molar-refractivity contribution in [1.29, 1.82) is 0 Å². The third-order valence-corrected chi connectivity index (χ3v) is 7.19. The van der Waals surface area contributed by atoms with Crippen molar-refractivity contribution < 1.29 is 47.6 Å². The zero-order valence-corrected chi connectivity index (χ0v) is 27.2. The van der Waals surface area contributed by atoms with Gasteiger partial charge < -0.3 is 28.4 Å². The highest BCUT2D eigenvalue weighted by Gasteiger charge is 2.19. The molecule has 0 saturated carbocycles. The Bertz CT molecular complexity index is 1620. The molecule has 0 amide bonds. The first-order chi connectivity index (χ1) is 22.8. The molecule has 0 spiro atoms. The third-order valence-electron chi connectivity index (χ3n) is 7.19. The third kappa shape index (κ3) is 9.00. The Morgan fingerprint density at radius 1 is 0.447 bits per heavy atom. The van der Waals surface area contributed by atoms with E-state index in [1.807, 2.05) is 0 Å². The zero-order valence-electron chi connectivity index (χ0n) is 27.2. The Hall–Kier alpha value is -5.12. The van der Waals surface area contributed by atoms with Gasteiger partial charge in [0.15, 0.2) is 0 Å². The lowest BCUT2D eigenvalue weighted by Crippen LogP contribution is -2.10. The van der Waals surface area contributed by atoms with E-state index in [-0.39, 0.29) is 37.6 Å². The van der Waals surface area contributed by atoms with E-state index in [4.69, 9.17) is 28.4 Å². The molecule has 4 aromatic carbocycles. The van der Waals surface area contributed by atoms with Crippen LogP contribution in [0.15, 0.2) is 60.7 Å². The summed E-state index contributed by atoms with van der Waals surface area (Å²) in [4.78, 5) is 49.9. The fourth-order valence-electron chi connectivity index (χ4n) is 4.96. The molecule has 0 unspecified atom stereocenters. The van der Waals surface area contributed by atoms with Crippen LogP contribution in [0.4, 0.5) is 0 Å². The van der Waals surface area contributed by atoms with Crippen molar-refractivity contribution in [3.8, 4) is 11.5 Å².